The van der Waals surface area contributed by atoms with E-state index in [-0.39, 0.29) is 5.91 Å². The highest BCUT2D eigenvalue weighted by Gasteiger charge is 2.07. The molecular weight excluding hydrogens is 262 g/mol. The van der Waals surface area contributed by atoms with Crippen LogP contribution in [-0.2, 0) is 4.79 Å². The smallest absolute Gasteiger partial charge is 0.225 e. The molecule has 0 bridgehead atoms. The maximum absolute atomic E-state index is 10.6. The lowest BCUT2D eigenvalue weighted by Crippen LogP contribution is -2.11. The molecule has 1 amide bonds. The molecule has 19 heavy (non-hydrogen) atoms. The zero-order chi connectivity index (χ0) is 13.7. The summed E-state index contributed by atoms with van der Waals surface area (Å²) in [4.78, 5) is 20.4. The summed E-state index contributed by atoms with van der Waals surface area (Å²) in [5, 5.41) is 9.26. The second-order valence-corrected chi connectivity index (χ2v) is 5.03. The number of thiophene rings is 1. The lowest BCUT2D eigenvalue weighted by molar-refractivity contribution is -0.118. The maximum Gasteiger partial charge on any atom is 0.225 e. The fraction of sp³-hybridized carbons (Fsp3) is 0.417. The van der Waals surface area contributed by atoms with Gasteiger partial charge in [0, 0.05) is 20.0 Å². The fourth-order valence-corrected chi connectivity index (χ4v) is 2.50. The molecule has 0 aliphatic carbocycles. The lowest BCUT2D eigenvalue weighted by Gasteiger charge is -2.08. The topological polar surface area (TPSA) is 92.9 Å². The molecular formula is C12H17N5OS. The number of nitrogens with one attached hydrogen (secondary N) is 2. The summed E-state index contributed by atoms with van der Waals surface area (Å²) >= 11 is 1.59. The Morgan fingerprint density at radius 2 is 2.26 bits per heavy atom. The van der Waals surface area contributed by atoms with Crippen LogP contribution in [-0.4, -0.2) is 29.5 Å². The van der Waals surface area contributed by atoms with Gasteiger partial charge in [-0.25, -0.2) is 4.98 Å². The number of nitrogens with zero attached hydrogens (tertiary/aromatic N) is 2. The molecule has 2 rings (SSSR count). The molecule has 0 aliphatic rings. The monoisotopic (exact) mass is 279 g/mol. The van der Waals surface area contributed by atoms with Gasteiger partial charge < -0.3 is 16.4 Å². The van der Waals surface area contributed by atoms with E-state index in [1.807, 2.05) is 11.4 Å². The molecule has 0 fully saturated rings. The second kappa shape index (κ2) is 6.33. The molecule has 0 aromatic carbocycles. The predicted molar refractivity (Wildman–Crippen MR) is 78.5 cm³/mol. The van der Waals surface area contributed by atoms with Crippen molar-refractivity contribution in [3.63, 3.8) is 0 Å². The first kappa shape index (κ1) is 13.5. The zero-order valence-corrected chi connectivity index (χ0v) is 11.6. The van der Waals surface area contributed by atoms with E-state index in [4.69, 9.17) is 5.73 Å². The third-order valence-corrected chi connectivity index (χ3v) is 3.50. The Kier molecular flexibility index (Phi) is 4.51. The summed E-state index contributed by atoms with van der Waals surface area (Å²) in [5.41, 5.74) is 5.10. The Balaban J connectivity index is 1.99. The van der Waals surface area contributed by atoms with Crippen LogP contribution >= 0.6 is 11.3 Å². The van der Waals surface area contributed by atoms with Crippen LogP contribution in [0.2, 0.25) is 0 Å². The Morgan fingerprint density at radius 1 is 1.42 bits per heavy atom. The maximum atomic E-state index is 10.6. The van der Waals surface area contributed by atoms with Crippen molar-refractivity contribution >= 4 is 39.2 Å². The standard InChI is InChI=1S/C12H17N5OS/c1-14-12-16-10(8-5-7-19-11(8)17-12)15-6-3-2-4-9(13)18/h5,7H,2-4,6H2,1H3,(H2,13,18)(H2,14,15,16,17). The summed E-state index contributed by atoms with van der Waals surface area (Å²) in [7, 11) is 1.80. The predicted octanol–water partition coefficient (Wildman–Crippen LogP) is 1.80. The van der Waals surface area contributed by atoms with E-state index in [0.29, 0.717) is 12.4 Å². The summed E-state index contributed by atoms with van der Waals surface area (Å²) < 4.78 is 0. The normalized spacial score (nSPS) is 10.6. The van der Waals surface area contributed by atoms with E-state index >= 15 is 0 Å². The Bertz CT molecular complexity index is 568. The Hall–Kier alpha value is -1.89. The van der Waals surface area contributed by atoms with Crippen LogP contribution in [0.1, 0.15) is 19.3 Å². The summed E-state index contributed by atoms with van der Waals surface area (Å²) in [6.07, 6.45) is 2.10. The number of carbonyl (C=O) groups excluding carboxylic acids is 1. The Labute approximate surface area is 115 Å². The number of hydrogen-bond donors (Lipinski definition) is 3. The summed E-state index contributed by atoms with van der Waals surface area (Å²) in [6.45, 7) is 0.762. The average molecular weight is 279 g/mol. The van der Waals surface area contributed by atoms with Crippen molar-refractivity contribution in [2.75, 3.05) is 24.2 Å². The SMILES string of the molecule is CNc1nc(NCCCCC(N)=O)c2ccsc2n1. The number of rotatable bonds is 7. The molecule has 0 saturated carbocycles. The number of primary amides is 1. The van der Waals surface area contributed by atoms with E-state index in [0.717, 1.165) is 35.4 Å². The number of amides is 1. The zero-order valence-electron chi connectivity index (χ0n) is 10.8. The van der Waals surface area contributed by atoms with Gasteiger partial charge in [-0.2, -0.15) is 4.98 Å². The van der Waals surface area contributed by atoms with Gasteiger partial charge in [-0.05, 0) is 24.3 Å². The lowest BCUT2D eigenvalue weighted by atomic mass is 10.2. The first-order valence-corrected chi connectivity index (χ1v) is 7.04. The third kappa shape index (κ3) is 3.54. The van der Waals surface area contributed by atoms with Crippen molar-refractivity contribution in [2.24, 2.45) is 5.73 Å². The van der Waals surface area contributed by atoms with Gasteiger partial charge in [-0.1, -0.05) is 0 Å². The first-order valence-electron chi connectivity index (χ1n) is 6.16. The van der Waals surface area contributed by atoms with Gasteiger partial charge >= 0.3 is 0 Å². The first-order chi connectivity index (χ1) is 9.20. The third-order valence-electron chi connectivity index (χ3n) is 2.69. The van der Waals surface area contributed by atoms with E-state index in [9.17, 15) is 4.79 Å². The second-order valence-electron chi connectivity index (χ2n) is 4.14. The van der Waals surface area contributed by atoms with Crippen molar-refractivity contribution in [1.82, 2.24) is 9.97 Å². The largest absolute Gasteiger partial charge is 0.370 e. The molecule has 2 aromatic heterocycles. The molecule has 0 saturated heterocycles. The van der Waals surface area contributed by atoms with Crippen molar-refractivity contribution in [1.29, 1.82) is 0 Å². The molecule has 0 unspecified atom stereocenters. The molecule has 0 aliphatic heterocycles. The van der Waals surface area contributed by atoms with Gasteiger partial charge in [0.25, 0.3) is 0 Å². The van der Waals surface area contributed by atoms with Crippen molar-refractivity contribution in [3.05, 3.63) is 11.4 Å². The molecule has 4 N–H and O–H groups in total. The minimum absolute atomic E-state index is 0.250. The molecule has 102 valence electrons. The van der Waals surface area contributed by atoms with Crippen LogP contribution in [0.15, 0.2) is 11.4 Å². The van der Waals surface area contributed by atoms with E-state index in [2.05, 4.69) is 20.6 Å². The number of hydrogen-bond acceptors (Lipinski definition) is 6. The van der Waals surface area contributed by atoms with Crippen LogP contribution in [0.5, 0.6) is 0 Å². The van der Waals surface area contributed by atoms with Crippen LogP contribution in [0.4, 0.5) is 11.8 Å². The summed E-state index contributed by atoms with van der Waals surface area (Å²) in [5.74, 6) is 1.18. The van der Waals surface area contributed by atoms with Crippen LogP contribution in [0, 0.1) is 0 Å². The number of fused-ring (bicyclic) bond motifs is 1. The van der Waals surface area contributed by atoms with Gasteiger partial charge in [0.2, 0.25) is 11.9 Å². The fourth-order valence-electron chi connectivity index (χ4n) is 1.73. The Morgan fingerprint density at radius 3 is 3.00 bits per heavy atom. The molecule has 2 heterocycles. The quantitative estimate of drug-likeness (QED) is 0.672. The number of nitrogens with two attached hydrogens (primary N) is 1. The molecule has 7 heteroatoms. The van der Waals surface area contributed by atoms with Crippen LogP contribution < -0.4 is 16.4 Å². The van der Waals surface area contributed by atoms with E-state index in [1.165, 1.54) is 0 Å². The molecule has 0 atom stereocenters. The number of carbonyl (C=O) groups is 1. The van der Waals surface area contributed by atoms with Crippen molar-refractivity contribution < 1.29 is 4.79 Å². The highest BCUT2D eigenvalue weighted by Crippen LogP contribution is 2.26. The van der Waals surface area contributed by atoms with Crippen molar-refractivity contribution in [2.45, 2.75) is 19.3 Å². The van der Waals surface area contributed by atoms with Crippen LogP contribution in [0.25, 0.3) is 10.2 Å². The summed E-state index contributed by atoms with van der Waals surface area (Å²) in [6, 6.07) is 2.01. The minimum Gasteiger partial charge on any atom is -0.370 e. The van der Waals surface area contributed by atoms with Crippen molar-refractivity contribution in [3.8, 4) is 0 Å². The highest BCUT2D eigenvalue weighted by atomic mass is 32.1. The average Bonchev–Trinajstić information content (AvgIpc) is 2.85. The molecule has 2 aromatic rings. The van der Waals surface area contributed by atoms with Gasteiger partial charge in [0.05, 0.1) is 5.39 Å². The number of aromatic nitrogens is 2. The van der Waals surface area contributed by atoms with E-state index < -0.39 is 0 Å². The van der Waals surface area contributed by atoms with Gasteiger partial charge in [-0.3, -0.25) is 4.79 Å². The van der Waals surface area contributed by atoms with Gasteiger partial charge in [-0.15, -0.1) is 11.3 Å². The van der Waals surface area contributed by atoms with E-state index in [1.54, 1.807) is 18.4 Å². The molecule has 0 radical (unpaired) electrons. The highest BCUT2D eigenvalue weighted by molar-refractivity contribution is 7.16. The molecule has 0 spiro atoms. The minimum atomic E-state index is -0.250. The number of anilines is 2. The molecule has 6 nitrogen and oxygen atoms in total. The van der Waals surface area contributed by atoms with Gasteiger partial charge in [0.1, 0.15) is 10.6 Å². The van der Waals surface area contributed by atoms with Gasteiger partial charge in [0.15, 0.2) is 0 Å². The van der Waals surface area contributed by atoms with Crippen LogP contribution in [0.3, 0.4) is 0 Å². The number of unbranched alkanes of at least 4 members (excludes halogenated alkanes) is 1.